The number of sulfone groups is 1. The van der Waals surface area contributed by atoms with Gasteiger partial charge in [0, 0.05) is 23.2 Å². The summed E-state index contributed by atoms with van der Waals surface area (Å²) in [6.45, 7) is 2.09. The van der Waals surface area contributed by atoms with Crippen molar-refractivity contribution in [1.29, 1.82) is 0 Å². The normalized spacial score (nSPS) is 19.6. The summed E-state index contributed by atoms with van der Waals surface area (Å²) in [5.74, 6) is -0.360. The molecule has 0 spiro atoms. The molecule has 1 heterocycles. The lowest BCUT2D eigenvalue weighted by Gasteiger charge is -2.01. The number of rotatable bonds is 4. The second-order valence-electron chi connectivity index (χ2n) is 4.99. The van der Waals surface area contributed by atoms with Crippen LogP contribution in [0.2, 0.25) is 0 Å². The number of hydrogen-bond donors (Lipinski definition) is 0. The summed E-state index contributed by atoms with van der Waals surface area (Å²) in [5.41, 5.74) is 2.07. The highest BCUT2D eigenvalue weighted by Crippen LogP contribution is 2.27. The Bertz CT molecular complexity index is 756. The third-order valence-electron chi connectivity index (χ3n) is 3.35. The second kappa shape index (κ2) is 6.75. The molecular formula is C17H18O4S. The van der Waals surface area contributed by atoms with Gasteiger partial charge in [-0.15, -0.1) is 0 Å². The minimum atomic E-state index is -3.21. The molecule has 1 aliphatic carbocycles. The van der Waals surface area contributed by atoms with Crippen molar-refractivity contribution in [3.63, 3.8) is 0 Å². The van der Waals surface area contributed by atoms with Crippen molar-refractivity contribution >= 4 is 15.8 Å². The molecule has 0 amide bonds. The lowest BCUT2D eigenvalue weighted by molar-refractivity contribution is -0.135. The molecule has 4 nitrogen and oxygen atoms in total. The summed E-state index contributed by atoms with van der Waals surface area (Å²) >= 11 is 0. The number of allylic oxidation sites excluding steroid dienone is 8. The van der Waals surface area contributed by atoms with Crippen molar-refractivity contribution in [3.05, 3.63) is 70.2 Å². The van der Waals surface area contributed by atoms with Gasteiger partial charge >= 0.3 is 5.97 Å². The average molecular weight is 318 g/mol. The maximum Gasteiger partial charge on any atom is 0.338 e. The Morgan fingerprint density at radius 1 is 1.23 bits per heavy atom. The van der Waals surface area contributed by atoms with Gasteiger partial charge in [0.2, 0.25) is 0 Å². The first-order valence-corrected chi connectivity index (χ1v) is 8.80. The molecule has 0 bridgehead atoms. The number of carbonyl (C=O) groups excluding carboxylic acids is 1. The Balaban J connectivity index is 2.43. The second-order valence-corrected chi connectivity index (χ2v) is 7.06. The minimum absolute atomic E-state index is 0.201. The third kappa shape index (κ3) is 3.74. The van der Waals surface area contributed by atoms with E-state index in [1.807, 2.05) is 25.2 Å². The van der Waals surface area contributed by atoms with Crippen LogP contribution in [0.15, 0.2) is 70.2 Å². The van der Waals surface area contributed by atoms with Gasteiger partial charge in [0.1, 0.15) is 6.61 Å². The average Bonchev–Trinajstić information content (AvgIpc) is 2.67. The van der Waals surface area contributed by atoms with Gasteiger partial charge < -0.3 is 4.74 Å². The molecule has 2 aliphatic rings. The van der Waals surface area contributed by atoms with Crippen molar-refractivity contribution in [1.82, 2.24) is 0 Å². The molecular weight excluding hydrogens is 300 g/mol. The Hall–Kier alpha value is -2.14. The van der Waals surface area contributed by atoms with Gasteiger partial charge in [0.05, 0.1) is 5.57 Å². The highest BCUT2D eigenvalue weighted by atomic mass is 32.2. The summed E-state index contributed by atoms with van der Waals surface area (Å²) < 4.78 is 28.3. The lowest BCUT2D eigenvalue weighted by atomic mass is 10.0. The highest BCUT2D eigenvalue weighted by Gasteiger charge is 2.24. The SMILES string of the molecule is C/C=C\C=C\C1=C(C2=CC=C(S(C)(=O)=O)CC=C2)COC1=O. The lowest BCUT2D eigenvalue weighted by Crippen LogP contribution is -1.99. The van der Waals surface area contributed by atoms with Crippen LogP contribution in [0.1, 0.15) is 13.3 Å². The molecule has 0 radical (unpaired) electrons. The van der Waals surface area contributed by atoms with Crippen molar-refractivity contribution in [2.24, 2.45) is 0 Å². The van der Waals surface area contributed by atoms with Crippen LogP contribution in [0.3, 0.4) is 0 Å². The minimum Gasteiger partial charge on any atom is -0.457 e. The van der Waals surface area contributed by atoms with Crippen LogP contribution in [0, 0.1) is 0 Å². The monoisotopic (exact) mass is 318 g/mol. The number of hydrogen-bond acceptors (Lipinski definition) is 4. The van der Waals surface area contributed by atoms with Crippen molar-refractivity contribution in [2.75, 3.05) is 12.9 Å². The first-order chi connectivity index (χ1) is 10.4. The van der Waals surface area contributed by atoms with Gasteiger partial charge in [-0.1, -0.05) is 36.5 Å². The van der Waals surface area contributed by atoms with Gasteiger partial charge in [0.25, 0.3) is 0 Å². The van der Waals surface area contributed by atoms with Crippen LogP contribution >= 0.6 is 0 Å². The van der Waals surface area contributed by atoms with Crippen LogP contribution in [-0.2, 0) is 19.4 Å². The van der Waals surface area contributed by atoms with Crippen molar-refractivity contribution in [2.45, 2.75) is 13.3 Å². The zero-order chi connectivity index (χ0) is 16.2. The summed E-state index contributed by atoms with van der Waals surface area (Å²) in [4.78, 5) is 12.2. The molecule has 22 heavy (non-hydrogen) atoms. The summed E-state index contributed by atoms with van der Waals surface area (Å²) in [5, 5.41) is 0. The Morgan fingerprint density at radius 2 is 2.00 bits per heavy atom. The molecule has 0 fully saturated rings. The van der Waals surface area contributed by atoms with Crippen LogP contribution in [-0.4, -0.2) is 27.2 Å². The van der Waals surface area contributed by atoms with E-state index < -0.39 is 9.84 Å². The highest BCUT2D eigenvalue weighted by molar-refractivity contribution is 7.94. The summed E-state index contributed by atoms with van der Waals surface area (Å²) in [6, 6.07) is 0. The molecule has 0 aromatic heterocycles. The molecule has 0 saturated heterocycles. The fourth-order valence-electron chi connectivity index (χ4n) is 2.17. The molecule has 0 saturated carbocycles. The first-order valence-electron chi connectivity index (χ1n) is 6.91. The van der Waals surface area contributed by atoms with Crippen molar-refractivity contribution < 1.29 is 17.9 Å². The topological polar surface area (TPSA) is 60.4 Å². The van der Waals surface area contributed by atoms with Gasteiger partial charge in [-0.3, -0.25) is 0 Å². The fourth-order valence-corrected chi connectivity index (χ4v) is 2.89. The van der Waals surface area contributed by atoms with Gasteiger partial charge in [-0.05, 0) is 24.6 Å². The van der Waals surface area contributed by atoms with E-state index in [1.165, 1.54) is 6.26 Å². The largest absolute Gasteiger partial charge is 0.457 e. The predicted molar refractivity (Wildman–Crippen MR) is 86.7 cm³/mol. The van der Waals surface area contributed by atoms with Crippen LogP contribution in [0.4, 0.5) is 0 Å². The predicted octanol–water partition coefficient (Wildman–Crippen LogP) is 2.79. The van der Waals surface area contributed by atoms with Gasteiger partial charge in [0.15, 0.2) is 9.84 Å². The van der Waals surface area contributed by atoms with Crippen LogP contribution in [0.25, 0.3) is 0 Å². The van der Waals surface area contributed by atoms with E-state index in [4.69, 9.17) is 4.74 Å². The molecule has 5 heteroatoms. The quantitative estimate of drug-likeness (QED) is 0.591. The van der Waals surface area contributed by atoms with E-state index in [9.17, 15) is 13.2 Å². The van der Waals surface area contributed by atoms with E-state index in [0.29, 0.717) is 16.9 Å². The Kier molecular flexibility index (Phi) is 4.98. The Morgan fingerprint density at radius 3 is 2.68 bits per heavy atom. The van der Waals surface area contributed by atoms with Gasteiger partial charge in [-0.25, -0.2) is 13.2 Å². The number of ether oxygens (including phenoxy) is 1. The van der Waals surface area contributed by atoms with E-state index in [1.54, 1.807) is 30.4 Å². The maximum absolute atomic E-state index is 11.8. The number of cyclic esters (lactones) is 1. The van der Waals surface area contributed by atoms with E-state index in [2.05, 4.69) is 0 Å². The standard InChI is InChI=1S/C17H18O4S/c1-3-4-5-9-15-16(12-21-17(15)18)13-7-6-8-14(11-10-13)22(2,19)20/h3-7,9-11H,8,12H2,1-2H3/b4-3-,9-5+. The Labute approximate surface area is 130 Å². The van der Waals surface area contributed by atoms with E-state index in [-0.39, 0.29) is 12.6 Å². The molecule has 0 aromatic carbocycles. The maximum atomic E-state index is 11.8. The molecule has 0 N–H and O–H groups in total. The zero-order valence-corrected chi connectivity index (χ0v) is 13.4. The van der Waals surface area contributed by atoms with Crippen LogP contribution < -0.4 is 0 Å². The smallest absolute Gasteiger partial charge is 0.338 e. The molecule has 0 aromatic rings. The molecule has 1 aliphatic heterocycles. The summed E-state index contributed by atoms with van der Waals surface area (Å²) in [6.07, 6.45) is 15.7. The van der Waals surface area contributed by atoms with E-state index >= 15 is 0 Å². The van der Waals surface area contributed by atoms with E-state index in [0.717, 1.165) is 11.1 Å². The first kappa shape index (κ1) is 16.2. The number of carbonyl (C=O) groups is 1. The zero-order valence-electron chi connectivity index (χ0n) is 12.6. The van der Waals surface area contributed by atoms with Gasteiger partial charge in [-0.2, -0.15) is 0 Å². The third-order valence-corrected chi connectivity index (χ3v) is 4.60. The fraction of sp³-hybridized carbons (Fsp3) is 0.235. The summed E-state index contributed by atoms with van der Waals surface area (Å²) in [7, 11) is -3.21. The molecule has 0 unspecified atom stereocenters. The van der Waals surface area contributed by atoms with Crippen LogP contribution in [0.5, 0.6) is 0 Å². The van der Waals surface area contributed by atoms with Crippen molar-refractivity contribution in [3.8, 4) is 0 Å². The molecule has 0 atom stereocenters. The number of esters is 1. The molecule has 116 valence electrons. The molecule has 2 rings (SSSR count).